The van der Waals surface area contributed by atoms with E-state index in [1.54, 1.807) is 36.7 Å². The largest absolute Gasteiger partial charge is 0.493 e. The van der Waals surface area contributed by atoms with Gasteiger partial charge in [0.2, 0.25) is 5.91 Å². The molecule has 6 nitrogen and oxygen atoms in total. The molecule has 6 heteroatoms. The lowest BCUT2D eigenvalue weighted by atomic mass is 10.3. The van der Waals surface area contributed by atoms with E-state index in [4.69, 9.17) is 10.5 Å². The summed E-state index contributed by atoms with van der Waals surface area (Å²) in [6.07, 6.45) is 3.59. The van der Waals surface area contributed by atoms with Crippen LogP contribution in [0, 0.1) is 6.92 Å². The Labute approximate surface area is 123 Å². The van der Waals surface area contributed by atoms with Gasteiger partial charge in [0.15, 0.2) is 0 Å². The maximum Gasteiger partial charge on any atom is 0.223 e. The predicted molar refractivity (Wildman–Crippen MR) is 79.6 cm³/mol. The van der Waals surface area contributed by atoms with E-state index in [9.17, 15) is 4.79 Å². The molecule has 0 aliphatic carbocycles. The second-order valence-electron chi connectivity index (χ2n) is 4.60. The molecule has 0 fully saturated rings. The molecule has 0 saturated heterocycles. The quantitative estimate of drug-likeness (QED) is 0.784. The topological polar surface area (TPSA) is 90.1 Å². The number of nitrogens with zero attached hydrogens (tertiary/aromatic N) is 2. The third-order valence-electron chi connectivity index (χ3n) is 2.76. The van der Waals surface area contributed by atoms with Crippen LogP contribution < -0.4 is 15.8 Å². The Morgan fingerprint density at radius 3 is 2.90 bits per heavy atom. The lowest BCUT2D eigenvalue weighted by Crippen LogP contribution is -2.25. The van der Waals surface area contributed by atoms with Gasteiger partial charge in [-0.1, -0.05) is 6.07 Å². The Kier molecular flexibility index (Phi) is 5.09. The van der Waals surface area contributed by atoms with Crippen molar-refractivity contribution in [2.24, 2.45) is 0 Å². The minimum Gasteiger partial charge on any atom is -0.493 e. The Balaban J connectivity index is 1.69. The molecular weight excluding hydrogens is 268 g/mol. The highest BCUT2D eigenvalue weighted by Gasteiger charge is 2.03. The van der Waals surface area contributed by atoms with Crippen molar-refractivity contribution in [2.45, 2.75) is 19.9 Å². The normalized spacial score (nSPS) is 10.1. The van der Waals surface area contributed by atoms with Crippen LogP contribution in [0.2, 0.25) is 0 Å². The fourth-order valence-corrected chi connectivity index (χ4v) is 1.65. The number of hydrogen-bond acceptors (Lipinski definition) is 5. The molecule has 1 aromatic heterocycles. The molecule has 0 spiro atoms. The second kappa shape index (κ2) is 7.23. The van der Waals surface area contributed by atoms with Crippen molar-refractivity contribution in [1.82, 2.24) is 15.3 Å². The highest BCUT2D eigenvalue weighted by Crippen LogP contribution is 2.14. The Morgan fingerprint density at radius 1 is 1.33 bits per heavy atom. The number of nitrogens with two attached hydrogens (primary N) is 1. The lowest BCUT2D eigenvalue weighted by Gasteiger charge is -2.07. The van der Waals surface area contributed by atoms with Crippen molar-refractivity contribution in [2.75, 3.05) is 12.3 Å². The zero-order valence-corrected chi connectivity index (χ0v) is 11.9. The van der Waals surface area contributed by atoms with Crippen molar-refractivity contribution in [3.63, 3.8) is 0 Å². The first-order chi connectivity index (χ1) is 10.1. The van der Waals surface area contributed by atoms with Gasteiger partial charge in [-0.05, 0) is 19.1 Å². The van der Waals surface area contributed by atoms with Crippen LogP contribution in [0.3, 0.4) is 0 Å². The fraction of sp³-hybridized carbons (Fsp3) is 0.267. The fourth-order valence-electron chi connectivity index (χ4n) is 1.65. The SMILES string of the molecule is Cc1cnc(CNC(=O)CCOc2cccc(N)c2)cn1. The summed E-state index contributed by atoms with van der Waals surface area (Å²) >= 11 is 0. The van der Waals surface area contributed by atoms with Gasteiger partial charge in [0, 0.05) is 18.0 Å². The van der Waals surface area contributed by atoms with E-state index in [-0.39, 0.29) is 12.3 Å². The molecule has 2 aromatic rings. The van der Waals surface area contributed by atoms with Gasteiger partial charge in [-0.2, -0.15) is 0 Å². The van der Waals surface area contributed by atoms with Crippen LogP contribution in [-0.4, -0.2) is 22.5 Å². The highest BCUT2D eigenvalue weighted by molar-refractivity contribution is 5.75. The number of amides is 1. The van der Waals surface area contributed by atoms with E-state index in [2.05, 4.69) is 15.3 Å². The van der Waals surface area contributed by atoms with Crippen molar-refractivity contribution >= 4 is 11.6 Å². The average molecular weight is 286 g/mol. The Morgan fingerprint density at radius 2 is 2.19 bits per heavy atom. The van der Waals surface area contributed by atoms with E-state index in [0.717, 1.165) is 11.4 Å². The molecule has 3 N–H and O–H groups in total. The monoisotopic (exact) mass is 286 g/mol. The number of nitrogen functional groups attached to an aromatic ring is 1. The molecule has 0 saturated carbocycles. The molecule has 1 heterocycles. The van der Waals surface area contributed by atoms with E-state index in [1.807, 2.05) is 6.92 Å². The molecule has 0 unspecified atom stereocenters. The summed E-state index contributed by atoms with van der Waals surface area (Å²) in [5.41, 5.74) is 7.85. The number of rotatable bonds is 6. The zero-order valence-electron chi connectivity index (χ0n) is 11.9. The summed E-state index contributed by atoms with van der Waals surface area (Å²) in [6, 6.07) is 7.11. The van der Waals surface area contributed by atoms with Crippen molar-refractivity contribution < 1.29 is 9.53 Å². The third-order valence-corrected chi connectivity index (χ3v) is 2.76. The first kappa shape index (κ1) is 14.8. The minimum atomic E-state index is -0.0960. The maximum absolute atomic E-state index is 11.7. The maximum atomic E-state index is 11.7. The van der Waals surface area contributed by atoms with E-state index in [1.165, 1.54) is 0 Å². The van der Waals surface area contributed by atoms with Gasteiger partial charge in [0.05, 0.1) is 37.2 Å². The van der Waals surface area contributed by atoms with Gasteiger partial charge in [-0.25, -0.2) is 0 Å². The number of nitrogens with one attached hydrogen (secondary N) is 1. The highest BCUT2D eigenvalue weighted by atomic mass is 16.5. The third kappa shape index (κ3) is 5.10. The standard InChI is InChI=1S/C15H18N4O2/c1-11-8-18-13(9-17-11)10-19-15(20)5-6-21-14-4-2-3-12(16)7-14/h2-4,7-9H,5-6,10,16H2,1H3,(H,19,20). The predicted octanol–water partition coefficient (Wildman–Crippen LogP) is 1.45. The zero-order chi connectivity index (χ0) is 15.1. The number of benzene rings is 1. The minimum absolute atomic E-state index is 0.0960. The molecule has 0 atom stereocenters. The van der Waals surface area contributed by atoms with Crippen LogP contribution in [-0.2, 0) is 11.3 Å². The number of carbonyl (C=O) groups excluding carboxylic acids is 1. The van der Waals surface area contributed by atoms with Crippen molar-refractivity contribution in [1.29, 1.82) is 0 Å². The lowest BCUT2D eigenvalue weighted by molar-refractivity contribution is -0.121. The van der Waals surface area contributed by atoms with Gasteiger partial charge in [-0.15, -0.1) is 0 Å². The molecular formula is C15H18N4O2. The van der Waals surface area contributed by atoms with Gasteiger partial charge in [0.25, 0.3) is 0 Å². The van der Waals surface area contributed by atoms with Crippen LogP contribution in [0.25, 0.3) is 0 Å². The first-order valence-electron chi connectivity index (χ1n) is 6.66. The van der Waals surface area contributed by atoms with Crippen LogP contribution in [0.4, 0.5) is 5.69 Å². The van der Waals surface area contributed by atoms with E-state index < -0.39 is 0 Å². The summed E-state index contributed by atoms with van der Waals surface area (Å²) in [4.78, 5) is 20.0. The van der Waals surface area contributed by atoms with Gasteiger partial charge in [0.1, 0.15) is 5.75 Å². The van der Waals surface area contributed by atoms with E-state index in [0.29, 0.717) is 24.6 Å². The molecule has 0 aliphatic heterocycles. The number of aromatic nitrogens is 2. The summed E-state index contributed by atoms with van der Waals surface area (Å²) in [5.74, 6) is 0.563. The van der Waals surface area contributed by atoms with Crippen LogP contribution in [0.5, 0.6) is 5.75 Å². The summed E-state index contributed by atoms with van der Waals surface area (Å²) in [6.45, 7) is 2.53. The van der Waals surface area contributed by atoms with Crippen LogP contribution in [0.15, 0.2) is 36.7 Å². The number of ether oxygens (including phenoxy) is 1. The van der Waals surface area contributed by atoms with Gasteiger partial charge < -0.3 is 15.8 Å². The van der Waals surface area contributed by atoms with Crippen LogP contribution >= 0.6 is 0 Å². The Bertz CT molecular complexity index is 599. The van der Waals surface area contributed by atoms with Gasteiger partial charge >= 0.3 is 0 Å². The summed E-state index contributed by atoms with van der Waals surface area (Å²) in [7, 11) is 0. The molecule has 110 valence electrons. The smallest absolute Gasteiger partial charge is 0.223 e. The molecule has 0 radical (unpaired) electrons. The van der Waals surface area contributed by atoms with Crippen LogP contribution in [0.1, 0.15) is 17.8 Å². The summed E-state index contributed by atoms with van der Waals surface area (Å²) < 4.78 is 5.46. The Hall–Kier alpha value is -2.63. The number of carbonyl (C=O) groups is 1. The number of anilines is 1. The summed E-state index contributed by atoms with van der Waals surface area (Å²) in [5, 5.41) is 2.77. The number of aryl methyl sites for hydroxylation is 1. The molecule has 21 heavy (non-hydrogen) atoms. The second-order valence-corrected chi connectivity index (χ2v) is 4.60. The first-order valence-corrected chi connectivity index (χ1v) is 6.66. The molecule has 1 amide bonds. The molecule has 0 bridgehead atoms. The molecule has 1 aromatic carbocycles. The average Bonchev–Trinajstić information content (AvgIpc) is 2.47. The van der Waals surface area contributed by atoms with E-state index >= 15 is 0 Å². The molecule has 2 rings (SSSR count). The number of hydrogen-bond donors (Lipinski definition) is 2. The van der Waals surface area contributed by atoms with Crippen molar-refractivity contribution in [3.05, 3.63) is 48.0 Å². The molecule has 0 aliphatic rings. The van der Waals surface area contributed by atoms with Gasteiger partial charge in [-0.3, -0.25) is 14.8 Å². The van der Waals surface area contributed by atoms with Crippen molar-refractivity contribution in [3.8, 4) is 5.75 Å².